The first kappa shape index (κ1) is 12.3. The first-order valence-electron chi connectivity index (χ1n) is 5.49. The lowest BCUT2D eigenvalue weighted by Gasteiger charge is -2.02. The zero-order valence-corrected chi connectivity index (χ0v) is 13.2. The van der Waals surface area contributed by atoms with Crippen molar-refractivity contribution in [2.75, 3.05) is 0 Å². The van der Waals surface area contributed by atoms with Gasteiger partial charge in [0.1, 0.15) is 0 Å². The Morgan fingerprint density at radius 1 is 1.44 bits per heavy atom. The van der Waals surface area contributed by atoms with Crippen LogP contribution in [0.2, 0.25) is 0 Å². The summed E-state index contributed by atoms with van der Waals surface area (Å²) in [5.41, 5.74) is 5.26. The Labute approximate surface area is 127 Å². The minimum atomic E-state index is 0.780. The summed E-state index contributed by atoms with van der Waals surface area (Å²) in [6.07, 6.45) is 0.913. The molecule has 0 unspecified atom stereocenters. The SMILES string of the molecule is S=c1[nH]c2cc(I)ccc2n1CCc1cscn1. The lowest BCUT2D eigenvalue weighted by molar-refractivity contribution is 0.697. The van der Waals surface area contributed by atoms with Crippen LogP contribution in [0.5, 0.6) is 0 Å². The van der Waals surface area contributed by atoms with Gasteiger partial charge >= 0.3 is 0 Å². The van der Waals surface area contributed by atoms with Gasteiger partial charge in [-0.05, 0) is 53.0 Å². The fourth-order valence-corrected chi connectivity index (χ4v) is 3.33. The fraction of sp³-hybridized carbons (Fsp3) is 0.167. The molecular weight excluding hydrogens is 377 g/mol. The van der Waals surface area contributed by atoms with Crippen molar-refractivity contribution >= 4 is 57.2 Å². The van der Waals surface area contributed by atoms with Gasteiger partial charge in [-0.1, -0.05) is 0 Å². The normalized spacial score (nSPS) is 11.2. The van der Waals surface area contributed by atoms with Crippen molar-refractivity contribution in [2.24, 2.45) is 0 Å². The van der Waals surface area contributed by atoms with Gasteiger partial charge in [0.25, 0.3) is 0 Å². The van der Waals surface area contributed by atoms with Crippen LogP contribution < -0.4 is 0 Å². The Hall–Kier alpha value is -0.730. The highest BCUT2D eigenvalue weighted by atomic mass is 127. The minimum absolute atomic E-state index is 0.780. The van der Waals surface area contributed by atoms with E-state index in [9.17, 15) is 0 Å². The predicted molar refractivity (Wildman–Crippen MR) is 85.7 cm³/mol. The molecule has 0 amide bonds. The summed E-state index contributed by atoms with van der Waals surface area (Å²) >= 11 is 9.32. The van der Waals surface area contributed by atoms with Crippen molar-refractivity contribution in [2.45, 2.75) is 13.0 Å². The summed E-state index contributed by atoms with van der Waals surface area (Å²) in [7, 11) is 0. The van der Waals surface area contributed by atoms with E-state index in [0.29, 0.717) is 0 Å². The number of aromatic nitrogens is 3. The third-order valence-electron chi connectivity index (χ3n) is 2.81. The average molecular weight is 387 g/mol. The van der Waals surface area contributed by atoms with Crippen molar-refractivity contribution < 1.29 is 0 Å². The number of rotatable bonds is 3. The molecule has 3 aromatic rings. The van der Waals surface area contributed by atoms with Crippen LogP contribution in [-0.2, 0) is 13.0 Å². The summed E-state index contributed by atoms with van der Waals surface area (Å²) in [5.74, 6) is 0. The van der Waals surface area contributed by atoms with E-state index in [0.717, 1.165) is 34.5 Å². The number of thiazole rings is 1. The zero-order valence-electron chi connectivity index (χ0n) is 9.39. The maximum absolute atomic E-state index is 5.38. The van der Waals surface area contributed by atoms with Crippen molar-refractivity contribution in [1.29, 1.82) is 0 Å². The van der Waals surface area contributed by atoms with Gasteiger partial charge in [-0.15, -0.1) is 11.3 Å². The number of aryl methyl sites for hydroxylation is 2. The topological polar surface area (TPSA) is 33.6 Å². The van der Waals surface area contributed by atoms with E-state index in [1.165, 1.54) is 3.57 Å². The third kappa shape index (κ3) is 2.36. The Morgan fingerprint density at radius 2 is 2.33 bits per heavy atom. The molecule has 6 heteroatoms. The van der Waals surface area contributed by atoms with Gasteiger partial charge in [0, 0.05) is 21.9 Å². The molecule has 3 rings (SSSR count). The lowest BCUT2D eigenvalue weighted by Crippen LogP contribution is -2.01. The van der Waals surface area contributed by atoms with Crippen molar-refractivity contribution in [3.8, 4) is 0 Å². The number of halogens is 1. The van der Waals surface area contributed by atoms with Gasteiger partial charge in [-0.2, -0.15) is 0 Å². The second kappa shape index (κ2) is 5.10. The summed E-state index contributed by atoms with van der Waals surface area (Å²) < 4.78 is 4.13. The van der Waals surface area contributed by atoms with Crippen LogP contribution in [0.15, 0.2) is 29.1 Å². The van der Waals surface area contributed by atoms with Crippen LogP contribution in [0.1, 0.15) is 5.69 Å². The fourth-order valence-electron chi connectivity index (χ4n) is 1.95. The molecule has 0 fully saturated rings. The van der Waals surface area contributed by atoms with E-state index < -0.39 is 0 Å². The molecule has 0 atom stereocenters. The molecule has 1 aromatic carbocycles. The number of hydrogen-bond acceptors (Lipinski definition) is 3. The number of benzene rings is 1. The highest BCUT2D eigenvalue weighted by Gasteiger charge is 2.05. The number of nitrogens with one attached hydrogen (secondary N) is 1. The molecule has 0 aliphatic carbocycles. The number of nitrogens with zero attached hydrogens (tertiary/aromatic N) is 2. The molecule has 0 saturated carbocycles. The second-order valence-electron chi connectivity index (χ2n) is 3.97. The summed E-state index contributed by atoms with van der Waals surface area (Å²) in [6.45, 7) is 0.864. The molecule has 18 heavy (non-hydrogen) atoms. The monoisotopic (exact) mass is 387 g/mol. The first-order valence-corrected chi connectivity index (χ1v) is 7.92. The van der Waals surface area contributed by atoms with Gasteiger partial charge < -0.3 is 9.55 Å². The smallest absolute Gasteiger partial charge is 0.178 e. The Morgan fingerprint density at radius 3 is 3.11 bits per heavy atom. The number of fused-ring (bicyclic) bond motifs is 1. The second-order valence-corrected chi connectivity index (χ2v) is 6.32. The third-order valence-corrected chi connectivity index (χ3v) is 4.44. The van der Waals surface area contributed by atoms with Crippen molar-refractivity contribution in [3.63, 3.8) is 0 Å². The average Bonchev–Trinajstić information content (AvgIpc) is 2.93. The molecule has 0 saturated heterocycles. The van der Waals surface area contributed by atoms with E-state index in [1.807, 2.05) is 5.51 Å². The van der Waals surface area contributed by atoms with Crippen molar-refractivity contribution in [1.82, 2.24) is 14.5 Å². The van der Waals surface area contributed by atoms with Crippen LogP contribution >= 0.6 is 46.1 Å². The van der Waals surface area contributed by atoms with E-state index in [1.54, 1.807) is 11.3 Å². The minimum Gasteiger partial charge on any atom is -0.331 e. The molecule has 3 nitrogen and oxygen atoms in total. The van der Waals surface area contributed by atoms with Crippen molar-refractivity contribution in [3.05, 3.63) is 43.1 Å². The quantitative estimate of drug-likeness (QED) is 0.545. The zero-order chi connectivity index (χ0) is 12.5. The van der Waals surface area contributed by atoms with Crippen LogP contribution in [0, 0.1) is 8.34 Å². The Bertz CT molecular complexity index is 727. The van der Waals surface area contributed by atoms with E-state index in [2.05, 4.69) is 60.7 Å². The highest BCUT2D eigenvalue weighted by molar-refractivity contribution is 14.1. The predicted octanol–water partition coefficient (Wildman–Crippen LogP) is 4.00. The van der Waals surface area contributed by atoms with Crippen LogP contribution in [-0.4, -0.2) is 14.5 Å². The van der Waals surface area contributed by atoms with Gasteiger partial charge in [0.15, 0.2) is 4.77 Å². The summed E-state index contributed by atoms with van der Waals surface area (Å²) in [4.78, 5) is 7.55. The maximum atomic E-state index is 5.38. The Kier molecular flexibility index (Phi) is 3.49. The van der Waals surface area contributed by atoms with Crippen LogP contribution in [0.3, 0.4) is 0 Å². The molecule has 0 spiro atoms. The van der Waals surface area contributed by atoms with E-state index >= 15 is 0 Å². The van der Waals surface area contributed by atoms with Gasteiger partial charge in [-0.3, -0.25) is 0 Å². The lowest BCUT2D eigenvalue weighted by atomic mass is 10.3. The van der Waals surface area contributed by atoms with Crippen LogP contribution in [0.4, 0.5) is 0 Å². The highest BCUT2D eigenvalue weighted by Crippen LogP contribution is 2.18. The molecule has 1 N–H and O–H groups in total. The summed E-state index contributed by atoms with van der Waals surface area (Å²) in [6, 6.07) is 6.33. The standard InChI is InChI=1S/C12H10IN3S2/c13-8-1-2-11-10(5-8)15-12(17)16(11)4-3-9-6-18-7-14-9/h1-2,5-7H,3-4H2,(H,15,17). The maximum Gasteiger partial charge on any atom is 0.178 e. The van der Waals surface area contributed by atoms with Gasteiger partial charge in [0.05, 0.1) is 22.2 Å². The first-order chi connectivity index (χ1) is 8.74. The number of imidazole rings is 1. The number of aromatic amines is 1. The number of hydrogen-bond donors (Lipinski definition) is 1. The Balaban J connectivity index is 1.96. The van der Waals surface area contributed by atoms with E-state index in [4.69, 9.17) is 12.2 Å². The van der Waals surface area contributed by atoms with Gasteiger partial charge in [0.2, 0.25) is 0 Å². The molecule has 2 aromatic heterocycles. The summed E-state index contributed by atoms with van der Waals surface area (Å²) in [5, 5.41) is 2.08. The van der Waals surface area contributed by atoms with Gasteiger partial charge in [-0.25, -0.2) is 4.98 Å². The largest absolute Gasteiger partial charge is 0.331 e. The molecule has 2 heterocycles. The van der Waals surface area contributed by atoms with Crippen LogP contribution in [0.25, 0.3) is 11.0 Å². The number of H-pyrrole nitrogens is 1. The van der Waals surface area contributed by atoms with E-state index in [-0.39, 0.29) is 0 Å². The molecule has 0 aliphatic rings. The molecule has 0 radical (unpaired) electrons. The molecule has 0 bridgehead atoms. The molecule has 0 aliphatic heterocycles. The molecule has 92 valence electrons. The molecular formula is C12H10IN3S2.